The van der Waals surface area contributed by atoms with E-state index in [9.17, 15) is 9.59 Å². The van der Waals surface area contributed by atoms with E-state index < -0.39 is 5.54 Å². The predicted molar refractivity (Wildman–Crippen MR) is 132 cm³/mol. The summed E-state index contributed by atoms with van der Waals surface area (Å²) >= 11 is 0. The van der Waals surface area contributed by atoms with Crippen LogP contribution in [0.1, 0.15) is 48.7 Å². The molecule has 0 unspecified atom stereocenters. The Morgan fingerprint density at radius 1 is 1.00 bits per heavy atom. The van der Waals surface area contributed by atoms with Crippen molar-refractivity contribution in [2.45, 2.75) is 57.3 Å². The van der Waals surface area contributed by atoms with Crippen molar-refractivity contribution in [3.63, 3.8) is 0 Å². The first kappa shape index (κ1) is 22.3. The van der Waals surface area contributed by atoms with Gasteiger partial charge in [0.15, 0.2) is 0 Å². The summed E-state index contributed by atoms with van der Waals surface area (Å²) in [5.74, 6) is 0.546. The summed E-state index contributed by atoms with van der Waals surface area (Å²) in [6.07, 6.45) is 4.27. The van der Waals surface area contributed by atoms with Crippen molar-refractivity contribution in [1.82, 2.24) is 14.8 Å². The molecule has 0 spiro atoms. The minimum Gasteiger partial charge on any atom is -0.497 e. The second-order valence-corrected chi connectivity index (χ2v) is 9.52. The van der Waals surface area contributed by atoms with Crippen LogP contribution in [0.15, 0.2) is 66.7 Å². The number of rotatable bonds is 6. The Labute approximate surface area is 200 Å². The number of nitrogens with one attached hydrogen (secondary N) is 1. The number of benzene rings is 2. The van der Waals surface area contributed by atoms with E-state index >= 15 is 0 Å². The Morgan fingerprint density at radius 3 is 2.35 bits per heavy atom. The molecule has 2 amide bonds. The fourth-order valence-electron chi connectivity index (χ4n) is 5.21. The molecule has 0 radical (unpaired) electrons. The Morgan fingerprint density at radius 2 is 1.68 bits per heavy atom. The number of amides is 2. The Bertz CT molecular complexity index is 1180. The molecular formula is C28H31N3O3. The maximum atomic E-state index is 13.8. The number of methoxy groups -OCH3 is 1. The summed E-state index contributed by atoms with van der Waals surface area (Å²) in [7, 11) is 1.63. The first-order chi connectivity index (χ1) is 16.5. The van der Waals surface area contributed by atoms with Gasteiger partial charge in [0.05, 0.1) is 13.7 Å². The van der Waals surface area contributed by atoms with Crippen molar-refractivity contribution in [3.8, 4) is 17.0 Å². The van der Waals surface area contributed by atoms with Gasteiger partial charge < -0.3 is 19.5 Å². The molecule has 2 heterocycles. The largest absolute Gasteiger partial charge is 0.497 e. The zero-order chi connectivity index (χ0) is 23.7. The smallest absolute Gasteiger partial charge is 0.271 e. The SMILES string of the molecule is COc1ccc(CN2C(=O)c3ccc(-c4ccccc4)n3C[C@@]2(C)C(=O)NC2CCCC2)cc1. The lowest BCUT2D eigenvalue weighted by molar-refractivity contribution is -0.133. The fraction of sp³-hybridized carbons (Fsp3) is 0.357. The van der Waals surface area contributed by atoms with Crippen LogP contribution in [-0.2, 0) is 17.9 Å². The first-order valence-corrected chi connectivity index (χ1v) is 12.0. The monoisotopic (exact) mass is 457 g/mol. The summed E-state index contributed by atoms with van der Waals surface area (Å²) < 4.78 is 7.29. The maximum Gasteiger partial charge on any atom is 0.271 e. The van der Waals surface area contributed by atoms with Gasteiger partial charge in [0.1, 0.15) is 17.0 Å². The Kier molecular flexibility index (Phi) is 5.90. The van der Waals surface area contributed by atoms with Crippen molar-refractivity contribution in [2.75, 3.05) is 7.11 Å². The summed E-state index contributed by atoms with van der Waals surface area (Å²) in [4.78, 5) is 29.3. The lowest BCUT2D eigenvalue weighted by Gasteiger charge is -2.45. The minimum absolute atomic E-state index is 0.0837. The molecule has 1 aromatic heterocycles. The van der Waals surface area contributed by atoms with Crippen molar-refractivity contribution >= 4 is 11.8 Å². The highest BCUT2D eigenvalue weighted by atomic mass is 16.5. The number of ether oxygens (including phenoxy) is 1. The second kappa shape index (κ2) is 9.01. The molecule has 0 saturated heterocycles. The molecule has 2 aromatic carbocycles. The highest BCUT2D eigenvalue weighted by molar-refractivity contribution is 6.00. The molecule has 0 bridgehead atoms. The van der Waals surface area contributed by atoms with Gasteiger partial charge in [-0.3, -0.25) is 9.59 Å². The zero-order valence-corrected chi connectivity index (χ0v) is 19.8. The maximum absolute atomic E-state index is 13.8. The van der Waals surface area contributed by atoms with Crippen LogP contribution >= 0.6 is 0 Å². The summed E-state index contributed by atoms with van der Waals surface area (Å²) in [5, 5.41) is 3.26. The minimum atomic E-state index is -1.02. The van der Waals surface area contributed by atoms with E-state index in [-0.39, 0.29) is 17.9 Å². The van der Waals surface area contributed by atoms with Crippen LogP contribution in [0.3, 0.4) is 0 Å². The van der Waals surface area contributed by atoms with E-state index in [2.05, 4.69) is 5.32 Å². The standard InChI is InChI=1S/C28H31N3O3/c1-28(27(33)29-22-10-6-7-11-22)19-30-24(21-8-4-3-5-9-21)16-17-25(30)26(32)31(28)18-20-12-14-23(34-2)15-13-20/h3-5,8-9,12-17,22H,6-7,10-11,18-19H2,1-2H3,(H,29,33)/t28-/m0/s1. The highest BCUT2D eigenvalue weighted by Crippen LogP contribution is 2.34. The van der Waals surface area contributed by atoms with Crippen LogP contribution in [0.2, 0.25) is 0 Å². The van der Waals surface area contributed by atoms with E-state index in [4.69, 9.17) is 4.74 Å². The molecule has 6 nitrogen and oxygen atoms in total. The van der Waals surface area contributed by atoms with Gasteiger partial charge in [0.25, 0.3) is 5.91 Å². The van der Waals surface area contributed by atoms with E-state index in [1.807, 2.05) is 78.2 Å². The van der Waals surface area contributed by atoms with Gasteiger partial charge in [-0.05, 0) is 55.2 Å². The van der Waals surface area contributed by atoms with Gasteiger partial charge >= 0.3 is 0 Å². The third-order valence-electron chi connectivity index (χ3n) is 7.26. The number of aromatic nitrogens is 1. The third kappa shape index (κ3) is 3.98. The lowest BCUT2D eigenvalue weighted by atomic mass is 9.93. The number of nitrogens with zero attached hydrogens (tertiary/aromatic N) is 2. The van der Waals surface area contributed by atoms with Crippen molar-refractivity contribution in [2.24, 2.45) is 0 Å². The Hall–Kier alpha value is -3.54. The van der Waals surface area contributed by atoms with Gasteiger partial charge in [-0.25, -0.2) is 0 Å². The van der Waals surface area contributed by atoms with Crippen LogP contribution in [0.4, 0.5) is 0 Å². The second-order valence-electron chi connectivity index (χ2n) is 9.52. The van der Waals surface area contributed by atoms with Gasteiger partial charge in [0.2, 0.25) is 5.91 Å². The number of hydrogen-bond donors (Lipinski definition) is 1. The summed E-state index contributed by atoms with van der Waals surface area (Å²) in [6, 6.07) is 21.7. The van der Waals surface area contributed by atoms with E-state index in [0.717, 1.165) is 48.3 Å². The number of carbonyl (C=O) groups is 2. The topological polar surface area (TPSA) is 63.6 Å². The van der Waals surface area contributed by atoms with Crippen LogP contribution in [0.25, 0.3) is 11.3 Å². The Balaban J connectivity index is 1.53. The molecule has 6 heteroatoms. The molecule has 176 valence electrons. The molecule has 5 rings (SSSR count). The number of fused-ring (bicyclic) bond motifs is 1. The summed E-state index contributed by atoms with van der Waals surface area (Å²) in [5.41, 5.74) is 2.53. The van der Waals surface area contributed by atoms with Crippen molar-refractivity contribution < 1.29 is 14.3 Å². The molecular weight excluding hydrogens is 426 g/mol. The zero-order valence-electron chi connectivity index (χ0n) is 19.8. The molecule has 1 fully saturated rings. The number of hydrogen-bond acceptors (Lipinski definition) is 3. The molecule has 1 saturated carbocycles. The lowest BCUT2D eigenvalue weighted by Crippen LogP contribution is -2.64. The molecule has 34 heavy (non-hydrogen) atoms. The third-order valence-corrected chi connectivity index (χ3v) is 7.26. The quantitative estimate of drug-likeness (QED) is 0.587. The van der Waals surface area contributed by atoms with Crippen LogP contribution < -0.4 is 10.1 Å². The molecule has 3 aromatic rings. The highest BCUT2D eigenvalue weighted by Gasteiger charge is 2.48. The van der Waals surface area contributed by atoms with E-state index in [0.29, 0.717) is 18.8 Å². The average Bonchev–Trinajstić information content (AvgIpc) is 3.52. The van der Waals surface area contributed by atoms with Crippen molar-refractivity contribution in [3.05, 3.63) is 78.0 Å². The van der Waals surface area contributed by atoms with Gasteiger partial charge in [0, 0.05) is 18.3 Å². The van der Waals surface area contributed by atoms with E-state index in [1.165, 1.54) is 0 Å². The van der Waals surface area contributed by atoms with Gasteiger partial charge in [-0.1, -0.05) is 55.3 Å². The molecule has 1 aliphatic heterocycles. The first-order valence-electron chi connectivity index (χ1n) is 12.0. The van der Waals surface area contributed by atoms with Crippen molar-refractivity contribution in [1.29, 1.82) is 0 Å². The number of carbonyl (C=O) groups excluding carboxylic acids is 2. The van der Waals surface area contributed by atoms with Gasteiger partial charge in [-0.2, -0.15) is 0 Å². The van der Waals surface area contributed by atoms with Gasteiger partial charge in [-0.15, -0.1) is 0 Å². The van der Waals surface area contributed by atoms with Crippen LogP contribution in [0, 0.1) is 0 Å². The molecule has 1 N–H and O–H groups in total. The van der Waals surface area contributed by atoms with Crippen LogP contribution in [-0.4, -0.2) is 40.0 Å². The molecule has 2 aliphatic rings. The van der Waals surface area contributed by atoms with E-state index in [1.54, 1.807) is 12.0 Å². The molecule has 1 atom stereocenters. The molecule has 1 aliphatic carbocycles. The fourth-order valence-corrected chi connectivity index (χ4v) is 5.21. The van der Waals surface area contributed by atoms with Crippen LogP contribution in [0.5, 0.6) is 5.75 Å². The predicted octanol–water partition coefficient (Wildman–Crippen LogP) is 4.64. The average molecular weight is 458 g/mol. The summed E-state index contributed by atoms with van der Waals surface area (Å²) in [6.45, 7) is 2.65. The normalized spacial score (nSPS) is 20.3.